The van der Waals surface area contributed by atoms with E-state index in [1.54, 1.807) is 24.3 Å². The summed E-state index contributed by atoms with van der Waals surface area (Å²) in [5, 5.41) is 28.9. The highest BCUT2D eigenvalue weighted by atomic mass is 16.5. The Balaban J connectivity index is 1.56. The molecule has 2 aliphatic rings. The van der Waals surface area contributed by atoms with Gasteiger partial charge in [0.25, 0.3) is 0 Å². The van der Waals surface area contributed by atoms with Crippen molar-refractivity contribution in [3.8, 4) is 11.5 Å². The normalized spacial score (nSPS) is 18.8. The molecule has 2 saturated heterocycles. The van der Waals surface area contributed by atoms with Crippen LogP contribution in [0.15, 0.2) is 58.7 Å². The van der Waals surface area contributed by atoms with Gasteiger partial charge in [-0.05, 0) is 59.7 Å². The standard InChI is InChI=1S/C26H34N4O4/c31-23-5-1-21(2-6-23)25(9-11-29-13-17-33-18-14-29)27-28-26(22-3-7-24(32)8-4-22)10-12-30-15-19-34-20-16-30/h1-8,31-32H,9-20H2/b27-25+,28-26+. The van der Waals surface area contributed by atoms with Gasteiger partial charge >= 0.3 is 0 Å². The lowest BCUT2D eigenvalue weighted by Gasteiger charge is -2.26. The highest BCUT2D eigenvalue weighted by Gasteiger charge is 2.15. The Morgan fingerprint density at radius 3 is 1.32 bits per heavy atom. The van der Waals surface area contributed by atoms with E-state index in [0.717, 1.165) is 101 Å². The molecule has 0 saturated carbocycles. The molecule has 0 bridgehead atoms. The van der Waals surface area contributed by atoms with E-state index in [-0.39, 0.29) is 11.5 Å². The Hall–Kier alpha value is -2.78. The number of phenols is 2. The minimum Gasteiger partial charge on any atom is -0.508 e. The number of ether oxygens (including phenoxy) is 2. The molecule has 2 fully saturated rings. The number of hydrogen-bond acceptors (Lipinski definition) is 8. The molecule has 2 heterocycles. The van der Waals surface area contributed by atoms with Crippen LogP contribution < -0.4 is 0 Å². The highest BCUT2D eigenvalue weighted by molar-refractivity contribution is 6.03. The van der Waals surface area contributed by atoms with Crippen LogP contribution in [0, 0.1) is 0 Å². The summed E-state index contributed by atoms with van der Waals surface area (Å²) in [6.07, 6.45) is 1.50. The smallest absolute Gasteiger partial charge is 0.115 e. The molecule has 0 amide bonds. The molecular formula is C26H34N4O4. The van der Waals surface area contributed by atoms with Gasteiger partial charge in [0.15, 0.2) is 0 Å². The first-order valence-corrected chi connectivity index (χ1v) is 12.0. The number of aromatic hydroxyl groups is 2. The van der Waals surface area contributed by atoms with Gasteiger partial charge in [0.05, 0.1) is 37.9 Å². The van der Waals surface area contributed by atoms with Crippen LogP contribution in [0.2, 0.25) is 0 Å². The average Bonchev–Trinajstić information content (AvgIpc) is 2.88. The Morgan fingerprint density at radius 2 is 0.971 bits per heavy atom. The van der Waals surface area contributed by atoms with Crippen molar-refractivity contribution in [1.82, 2.24) is 9.80 Å². The zero-order valence-electron chi connectivity index (χ0n) is 19.6. The van der Waals surface area contributed by atoms with Gasteiger partial charge in [-0.15, -0.1) is 0 Å². The molecule has 2 aromatic rings. The molecule has 0 aromatic heterocycles. The summed E-state index contributed by atoms with van der Waals surface area (Å²) in [6.45, 7) is 8.48. The first kappa shape index (κ1) is 24.3. The lowest BCUT2D eigenvalue weighted by atomic mass is 10.1. The van der Waals surface area contributed by atoms with Gasteiger partial charge in [-0.1, -0.05) is 0 Å². The Bertz CT molecular complexity index is 868. The van der Waals surface area contributed by atoms with E-state index >= 15 is 0 Å². The van der Waals surface area contributed by atoms with Gasteiger partial charge in [0.2, 0.25) is 0 Å². The lowest BCUT2D eigenvalue weighted by molar-refractivity contribution is 0.0391. The monoisotopic (exact) mass is 466 g/mol. The molecule has 2 aliphatic heterocycles. The third-order valence-corrected chi connectivity index (χ3v) is 6.23. The van der Waals surface area contributed by atoms with Gasteiger partial charge in [-0.3, -0.25) is 9.80 Å². The minimum absolute atomic E-state index is 0.232. The number of morpholine rings is 2. The molecule has 0 atom stereocenters. The van der Waals surface area contributed by atoms with Crippen molar-refractivity contribution >= 4 is 11.4 Å². The summed E-state index contributed by atoms with van der Waals surface area (Å²) in [7, 11) is 0. The van der Waals surface area contributed by atoms with Crippen LogP contribution in [0.1, 0.15) is 24.0 Å². The van der Waals surface area contributed by atoms with Crippen LogP contribution in [0.3, 0.4) is 0 Å². The Kier molecular flexibility index (Phi) is 9.04. The molecule has 34 heavy (non-hydrogen) atoms. The Morgan fingerprint density at radius 1 is 0.618 bits per heavy atom. The van der Waals surface area contributed by atoms with Crippen LogP contribution >= 0.6 is 0 Å². The van der Waals surface area contributed by atoms with Crippen molar-refractivity contribution in [2.75, 3.05) is 65.7 Å². The maximum absolute atomic E-state index is 9.73. The third-order valence-electron chi connectivity index (χ3n) is 6.23. The SMILES string of the molecule is Oc1ccc(/C(CCN2CCOCC2)=N/N=C(\CCN2CCOCC2)c2ccc(O)cc2)cc1. The summed E-state index contributed by atoms with van der Waals surface area (Å²) < 4.78 is 10.9. The van der Waals surface area contributed by atoms with Crippen molar-refractivity contribution in [3.05, 3.63) is 59.7 Å². The fourth-order valence-corrected chi connectivity index (χ4v) is 4.11. The second kappa shape index (κ2) is 12.6. The van der Waals surface area contributed by atoms with Gasteiger partial charge < -0.3 is 19.7 Å². The summed E-state index contributed by atoms with van der Waals surface area (Å²) in [5.74, 6) is 0.463. The number of nitrogens with zero attached hydrogens (tertiary/aromatic N) is 4. The number of hydrogen-bond donors (Lipinski definition) is 2. The predicted molar refractivity (Wildman–Crippen MR) is 133 cm³/mol. The van der Waals surface area contributed by atoms with Crippen molar-refractivity contribution in [2.45, 2.75) is 12.8 Å². The molecule has 0 unspecified atom stereocenters. The van der Waals surface area contributed by atoms with E-state index in [0.29, 0.717) is 0 Å². The van der Waals surface area contributed by atoms with E-state index in [2.05, 4.69) is 9.80 Å². The first-order valence-electron chi connectivity index (χ1n) is 12.0. The van der Waals surface area contributed by atoms with Crippen molar-refractivity contribution < 1.29 is 19.7 Å². The van der Waals surface area contributed by atoms with Crippen molar-refractivity contribution in [2.24, 2.45) is 10.2 Å². The topological polar surface area (TPSA) is 90.1 Å². The minimum atomic E-state index is 0.232. The molecule has 0 aliphatic carbocycles. The Labute approximate surface area is 201 Å². The molecule has 8 nitrogen and oxygen atoms in total. The predicted octanol–water partition coefficient (Wildman–Crippen LogP) is 2.74. The molecule has 2 N–H and O–H groups in total. The lowest BCUT2D eigenvalue weighted by Crippen LogP contribution is -2.37. The van der Waals surface area contributed by atoms with Crippen molar-refractivity contribution in [3.63, 3.8) is 0 Å². The number of phenolic OH excluding ortho intramolecular Hbond substituents is 2. The summed E-state index contributed by atoms with van der Waals surface area (Å²) in [5.41, 5.74) is 3.67. The third kappa shape index (κ3) is 7.36. The van der Waals surface area contributed by atoms with Gasteiger partial charge in [0, 0.05) is 52.1 Å². The summed E-state index contributed by atoms with van der Waals surface area (Å²) in [6, 6.07) is 14.3. The zero-order chi connectivity index (χ0) is 23.6. The zero-order valence-corrected chi connectivity index (χ0v) is 19.6. The maximum Gasteiger partial charge on any atom is 0.115 e. The van der Waals surface area contributed by atoms with E-state index in [1.165, 1.54) is 0 Å². The highest BCUT2D eigenvalue weighted by Crippen LogP contribution is 2.16. The van der Waals surface area contributed by atoms with Crippen LogP contribution in [0.5, 0.6) is 11.5 Å². The van der Waals surface area contributed by atoms with E-state index < -0.39 is 0 Å². The van der Waals surface area contributed by atoms with E-state index in [9.17, 15) is 10.2 Å². The number of benzene rings is 2. The second-order valence-electron chi connectivity index (χ2n) is 8.60. The molecule has 0 spiro atoms. The van der Waals surface area contributed by atoms with Gasteiger partial charge in [-0.2, -0.15) is 10.2 Å². The largest absolute Gasteiger partial charge is 0.508 e. The summed E-state index contributed by atoms with van der Waals surface area (Å²) >= 11 is 0. The number of rotatable bonds is 9. The molecule has 4 rings (SSSR count). The van der Waals surface area contributed by atoms with Gasteiger partial charge in [0.1, 0.15) is 11.5 Å². The van der Waals surface area contributed by atoms with E-state index in [4.69, 9.17) is 19.7 Å². The second-order valence-corrected chi connectivity index (χ2v) is 8.60. The average molecular weight is 467 g/mol. The van der Waals surface area contributed by atoms with Crippen LogP contribution in [0.4, 0.5) is 0 Å². The molecule has 2 aromatic carbocycles. The molecule has 8 heteroatoms. The molecule has 0 radical (unpaired) electrons. The molecular weight excluding hydrogens is 432 g/mol. The van der Waals surface area contributed by atoms with Crippen LogP contribution in [0.25, 0.3) is 0 Å². The van der Waals surface area contributed by atoms with Gasteiger partial charge in [-0.25, -0.2) is 0 Å². The van der Waals surface area contributed by atoms with Crippen LogP contribution in [-0.4, -0.2) is 97.1 Å². The fraction of sp³-hybridized carbons (Fsp3) is 0.462. The van der Waals surface area contributed by atoms with E-state index in [1.807, 2.05) is 24.3 Å². The maximum atomic E-state index is 9.73. The van der Waals surface area contributed by atoms with Crippen molar-refractivity contribution in [1.29, 1.82) is 0 Å². The molecule has 182 valence electrons. The fourth-order valence-electron chi connectivity index (χ4n) is 4.11. The quantitative estimate of drug-likeness (QED) is 0.436. The van der Waals surface area contributed by atoms with Crippen LogP contribution in [-0.2, 0) is 9.47 Å². The summed E-state index contributed by atoms with van der Waals surface area (Å²) in [4.78, 5) is 4.75. The first-order chi connectivity index (χ1) is 16.7.